The molecule has 0 bridgehead atoms. The van der Waals surface area contributed by atoms with Crippen molar-refractivity contribution < 1.29 is 17.9 Å². The monoisotopic (exact) mass is 439 g/mol. The number of anilines is 2. The van der Waals surface area contributed by atoms with E-state index in [1.54, 1.807) is 31.2 Å². The number of nitrogen functional groups attached to an aromatic ring is 2. The van der Waals surface area contributed by atoms with Gasteiger partial charge < -0.3 is 16.2 Å². The number of hydrogen-bond donors (Lipinski definition) is 2. The average molecular weight is 440 g/mol. The summed E-state index contributed by atoms with van der Waals surface area (Å²) in [5.74, 6) is 0.123. The van der Waals surface area contributed by atoms with Crippen molar-refractivity contribution >= 4 is 34.6 Å². The molecule has 0 fully saturated rings. The Morgan fingerprint density at radius 2 is 1.83 bits per heavy atom. The van der Waals surface area contributed by atoms with E-state index >= 15 is 0 Å². The summed E-state index contributed by atoms with van der Waals surface area (Å²) in [5.41, 5.74) is 11.4. The summed E-state index contributed by atoms with van der Waals surface area (Å²) in [6, 6.07) is 8.84. The first-order valence-electron chi connectivity index (χ1n) is 8.67. The lowest BCUT2D eigenvalue weighted by molar-refractivity contribution is -0.144. The number of nitrogens with zero attached hydrogens (tertiary/aromatic N) is 5. The number of nitrogens with two attached hydrogens (primary N) is 2. The zero-order valence-electron chi connectivity index (χ0n) is 15.7. The second kappa shape index (κ2) is 8.57. The predicted octanol–water partition coefficient (Wildman–Crippen LogP) is 5.13. The Balaban J connectivity index is 1.86. The number of halogens is 4. The van der Waals surface area contributed by atoms with Crippen LogP contribution in [0.2, 0.25) is 5.02 Å². The molecule has 1 aromatic carbocycles. The molecule has 0 spiro atoms. The molecule has 3 aromatic rings. The Kier molecular flexibility index (Phi) is 6.11. The van der Waals surface area contributed by atoms with E-state index in [9.17, 15) is 13.2 Å². The Hall–Kier alpha value is -3.34. The van der Waals surface area contributed by atoms with Crippen molar-refractivity contribution in [1.29, 1.82) is 0 Å². The van der Waals surface area contributed by atoms with Crippen LogP contribution in [0.3, 0.4) is 0 Å². The molecule has 0 unspecified atom stereocenters. The molecule has 0 aliphatic rings. The molecule has 0 saturated carbocycles. The molecule has 3 rings (SSSR count). The lowest BCUT2D eigenvalue weighted by atomic mass is 10.3. The minimum absolute atomic E-state index is 0.0437. The summed E-state index contributed by atoms with van der Waals surface area (Å²) in [4.78, 5) is 3.91. The Bertz CT molecular complexity index is 1060. The van der Waals surface area contributed by atoms with Crippen LogP contribution in [0.4, 0.5) is 36.2 Å². The van der Waals surface area contributed by atoms with E-state index in [4.69, 9.17) is 27.8 Å². The van der Waals surface area contributed by atoms with Gasteiger partial charge in [-0.25, -0.2) is 4.98 Å². The largest absolute Gasteiger partial charge is 0.485 e. The van der Waals surface area contributed by atoms with Gasteiger partial charge in [-0.1, -0.05) is 11.6 Å². The van der Waals surface area contributed by atoms with E-state index in [1.807, 2.05) is 0 Å². The van der Waals surface area contributed by atoms with Crippen molar-refractivity contribution in [2.75, 3.05) is 11.5 Å². The summed E-state index contributed by atoms with van der Waals surface area (Å²) in [6.07, 6.45) is -4.52. The quantitative estimate of drug-likeness (QED) is 0.516. The van der Waals surface area contributed by atoms with Gasteiger partial charge in [0.1, 0.15) is 23.8 Å². The number of alkyl halides is 3. The fourth-order valence-electron chi connectivity index (χ4n) is 2.54. The van der Waals surface area contributed by atoms with Crippen LogP contribution in [0.25, 0.3) is 0 Å². The molecule has 8 nitrogen and oxygen atoms in total. The van der Waals surface area contributed by atoms with Crippen molar-refractivity contribution in [1.82, 2.24) is 14.8 Å². The van der Waals surface area contributed by atoms with Gasteiger partial charge in [-0.05, 0) is 37.3 Å². The van der Waals surface area contributed by atoms with Crippen LogP contribution >= 0.6 is 11.6 Å². The predicted molar refractivity (Wildman–Crippen MR) is 106 cm³/mol. The molecule has 0 aliphatic carbocycles. The van der Waals surface area contributed by atoms with Crippen molar-refractivity contribution in [3.8, 4) is 5.75 Å². The lowest BCUT2D eigenvalue weighted by Gasteiger charge is -2.09. The van der Waals surface area contributed by atoms with Gasteiger partial charge in [0.25, 0.3) is 0 Å². The first-order chi connectivity index (χ1) is 14.2. The third kappa shape index (κ3) is 4.98. The van der Waals surface area contributed by atoms with Crippen LogP contribution < -0.4 is 16.2 Å². The van der Waals surface area contributed by atoms with Crippen molar-refractivity contribution in [3.63, 3.8) is 0 Å². The third-order valence-electron chi connectivity index (χ3n) is 3.89. The summed E-state index contributed by atoms with van der Waals surface area (Å²) in [7, 11) is 0. The number of aryl methyl sites for hydroxylation is 1. The van der Waals surface area contributed by atoms with Gasteiger partial charge in [-0.15, -0.1) is 5.11 Å². The number of azo groups is 1. The van der Waals surface area contributed by atoms with Gasteiger partial charge in [0.2, 0.25) is 0 Å². The van der Waals surface area contributed by atoms with Crippen LogP contribution in [-0.2, 0) is 19.3 Å². The number of benzene rings is 1. The van der Waals surface area contributed by atoms with E-state index in [0.29, 0.717) is 10.7 Å². The van der Waals surface area contributed by atoms with Gasteiger partial charge in [0, 0.05) is 17.6 Å². The van der Waals surface area contributed by atoms with Gasteiger partial charge in [0.15, 0.2) is 17.3 Å². The van der Waals surface area contributed by atoms with Gasteiger partial charge >= 0.3 is 6.18 Å². The second-order valence-electron chi connectivity index (χ2n) is 6.08. The maximum Gasteiger partial charge on any atom is 0.433 e. The molecule has 0 amide bonds. The highest BCUT2D eigenvalue weighted by molar-refractivity contribution is 6.30. The van der Waals surface area contributed by atoms with E-state index < -0.39 is 11.9 Å². The standard InChI is InChI=1S/C18H17ClF3N7O/c1-2-29-14(18(20,21)22)7-12(28-29)9-30-13-8-15(23)25-17(24)16(13)27-26-11-5-3-10(19)4-6-11/h3-8H,2,9H2,1H3,(H4,23,24,25). The molecule has 2 heterocycles. The highest BCUT2D eigenvalue weighted by Gasteiger charge is 2.35. The summed E-state index contributed by atoms with van der Waals surface area (Å²) in [6.45, 7) is 1.36. The number of pyridine rings is 1. The van der Waals surface area contributed by atoms with Crippen LogP contribution in [0, 0.1) is 0 Å². The molecular formula is C18H17ClF3N7O. The van der Waals surface area contributed by atoms with Gasteiger partial charge in [-0.3, -0.25) is 4.68 Å². The van der Waals surface area contributed by atoms with Gasteiger partial charge in [0.05, 0.1) is 5.69 Å². The lowest BCUT2D eigenvalue weighted by Crippen LogP contribution is -2.13. The Labute approximate surface area is 174 Å². The number of hydrogen-bond acceptors (Lipinski definition) is 7. The van der Waals surface area contributed by atoms with E-state index in [0.717, 1.165) is 10.7 Å². The molecular weight excluding hydrogens is 423 g/mol. The smallest absolute Gasteiger partial charge is 0.433 e. The molecule has 0 atom stereocenters. The third-order valence-corrected chi connectivity index (χ3v) is 4.14. The molecule has 0 saturated heterocycles. The van der Waals surface area contributed by atoms with E-state index in [1.165, 1.54) is 6.07 Å². The minimum atomic E-state index is -4.52. The molecule has 30 heavy (non-hydrogen) atoms. The molecule has 0 aliphatic heterocycles. The highest BCUT2D eigenvalue weighted by atomic mass is 35.5. The Morgan fingerprint density at radius 3 is 2.43 bits per heavy atom. The minimum Gasteiger partial charge on any atom is -0.485 e. The van der Waals surface area contributed by atoms with Crippen molar-refractivity contribution in [2.45, 2.75) is 26.3 Å². The first kappa shape index (κ1) is 21.4. The second-order valence-corrected chi connectivity index (χ2v) is 6.52. The first-order valence-corrected chi connectivity index (χ1v) is 9.05. The zero-order chi connectivity index (χ0) is 21.9. The number of aromatic nitrogens is 3. The fourth-order valence-corrected chi connectivity index (χ4v) is 2.67. The fraction of sp³-hybridized carbons (Fsp3) is 0.222. The number of rotatable bonds is 6. The van der Waals surface area contributed by atoms with E-state index in [2.05, 4.69) is 20.3 Å². The summed E-state index contributed by atoms with van der Waals surface area (Å²) >= 11 is 5.83. The van der Waals surface area contributed by atoms with Crippen LogP contribution in [0.1, 0.15) is 18.3 Å². The van der Waals surface area contributed by atoms with Crippen molar-refractivity contribution in [3.05, 3.63) is 52.8 Å². The SMILES string of the molecule is CCn1nc(COc2cc(N)nc(N)c2N=Nc2ccc(Cl)cc2)cc1C(F)(F)F. The topological polar surface area (TPSA) is 117 Å². The maximum atomic E-state index is 13.1. The average Bonchev–Trinajstić information content (AvgIpc) is 3.11. The van der Waals surface area contributed by atoms with E-state index in [-0.39, 0.29) is 41.9 Å². The summed E-state index contributed by atoms with van der Waals surface area (Å²) < 4.78 is 45.7. The normalized spacial score (nSPS) is 11.9. The van der Waals surface area contributed by atoms with Crippen LogP contribution in [-0.4, -0.2) is 14.8 Å². The highest BCUT2D eigenvalue weighted by Crippen LogP contribution is 2.36. The van der Waals surface area contributed by atoms with Gasteiger partial charge in [-0.2, -0.15) is 23.4 Å². The number of ether oxygens (including phenoxy) is 1. The zero-order valence-corrected chi connectivity index (χ0v) is 16.4. The molecule has 158 valence electrons. The molecule has 0 radical (unpaired) electrons. The van der Waals surface area contributed by atoms with Crippen molar-refractivity contribution in [2.24, 2.45) is 10.2 Å². The van der Waals surface area contributed by atoms with Crippen LogP contribution in [0.15, 0.2) is 46.6 Å². The Morgan fingerprint density at radius 1 is 1.13 bits per heavy atom. The van der Waals surface area contributed by atoms with Crippen LogP contribution in [0.5, 0.6) is 5.75 Å². The molecule has 12 heteroatoms. The molecule has 4 N–H and O–H groups in total. The summed E-state index contributed by atoms with van der Waals surface area (Å²) in [5, 5.41) is 12.5. The maximum absolute atomic E-state index is 13.1. The molecule has 2 aromatic heterocycles.